The Morgan fingerprint density at radius 1 is 1.08 bits per heavy atom. The second kappa shape index (κ2) is 8.83. The molecule has 0 aliphatic heterocycles. The SMILES string of the molecule is C=CC(=O)NCC(C(C)=O)C(c1ccccc1)c1ccc(OC)cc1. The molecular formula is C21H23NO3. The number of rotatable bonds is 8. The number of ketones is 1. The Labute approximate surface area is 148 Å². The molecule has 130 valence electrons. The largest absolute Gasteiger partial charge is 0.497 e. The van der Waals surface area contributed by atoms with Gasteiger partial charge in [-0.2, -0.15) is 0 Å². The average molecular weight is 337 g/mol. The summed E-state index contributed by atoms with van der Waals surface area (Å²) in [6.45, 7) is 5.27. The summed E-state index contributed by atoms with van der Waals surface area (Å²) in [5.74, 6) is -0.0360. The van der Waals surface area contributed by atoms with E-state index in [4.69, 9.17) is 4.74 Å². The zero-order chi connectivity index (χ0) is 18.2. The molecule has 2 atom stereocenters. The lowest BCUT2D eigenvalue weighted by Gasteiger charge is -2.26. The lowest BCUT2D eigenvalue weighted by atomic mass is 9.78. The van der Waals surface area contributed by atoms with Crippen LogP contribution in [0.5, 0.6) is 5.75 Å². The fourth-order valence-electron chi connectivity index (χ4n) is 2.91. The van der Waals surface area contributed by atoms with Gasteiger partial charge in [-0.1, -0.05) is 49.0 Å². The van der Waals surface area contributed by atoms with Crippen LogP contribution in [0, 0.1) is 5.92 Å². The zero-order valence-corrected chi connectivity index (χ0v) is 14.6. The summed E-state index contributed by atoms with van der Waals surface area (Å²) in [6.07, 6.45) is 1.21. The average Bonchev–Trinajstić information content (AvgIpc) is 2.65. The van der Waals surface area contributed by atoms with Gasteiger partial charge in [-0.15, -0.1) is 0 Å². The first-order chi connectivity index (χ1) is 12.1. The van der Waals surface area contributed by atoms with Gasteiger partial charge in [-0.05, 0) is 36.3 Å². The Morgan fingerprint density at radius 3 is 2.20 bits per heavy atom. The van der Waals surface area contributed by atoms with Crippen molar-refractivity contribution in [3.8, 4) is 5.75 Å². The third-order valence-electron chi connectivity index (χ3n) is 4.24. The summed E-state index contributed by atoms with van der Waals surface area (Å²) in [4.78, 5) is 23.9. The number of methoxy groups -OCH3 is 1. The van der Waals surface area contributed by atoms with Crippen LogP contribution >= 0.6 is 0 Å². The molecule has 0 spiro atoms. The monoisotopic (exact) mass is 337 g/mol. The van der Waals surface area contributed by atoms with Crippen molar-refractivity contribution in [3.63, 3.8) is 0 Å². The first-order valence-corrected chi connectivity index (χ1v) is 8.16. The van der Waals surface area contributed by atoms with Gasteiger partial charge in [0.25, 0.3) is 0 Å². The fourth-order valence-corrected chi connectivity index (χ4v) is 2.91. The van der Waals surface area contributed by atoms with Gasteiger partial charge in [0.2, 0.25) is 5.91 Å². The van der Waals surface area contributed by atoms with Gasteiger partial charge in [0.1, 0.15) is 11.5 Å². The van der Waals surface area contributed by atoms with Crippen LogP contribution in [0.3, 0.4) is 0 Å². The van der Waals surface area contributed by atoms with Crippen LogP contribution in [0.15, 0.2) is 67.3 Å². The lowest BCUT2D eigenvalue weighted by Crippen LogP contribution is -2.35. The van der Waals surface area contributed by atoms with Gasteiger partial charge in [0.15, 0.2) is 0 Å². The Hall–Kier alpha value is -2.88. The van der Waals surface area contributed by atoms with Crippen molar-refractivity contribution < 1.29 is 14.3 Å². The maximum absolute atomic E-state index is 12.4. The molecule has 4 nitrogen and oxygen atoms in total. The Bertz CT molecular complexity index is 723. The van der Waals surface area contributed by atoms with Crippen molar-refractivity contribution in [1.82, 2.24) is 5.32 Å². The predicted molar refractivity (Wildman–Crippen MR) is 98.7 cm³/mol. The number of amides is 1. The van der Waals surface area contributed by atoms with E-state index in [1.165, 1.54) is 6.08 Å². The van der Waals surface area contributed by atoms with E-state index in [0.717, 1.165) is 16.9 Å². The summed E-state index contributed by atoms with van der Waals surface area (Å²) < 4.78 is 5.22. The third-order valence-corrected chi connectivity index (χ3v) is 4.24. The molecule has 0 aromatic heterocycles. The highest BCUT2D eigenvalue weighted by Crippen LogP contribution is 2.33. The van der Waals surface area contributed by atoms with Crippen LogP contribution in [0.1, 0.15) is 24.0 Å². The first kappa shape index (κ1) is 18.5. The van der Waals surface area contributed by atoms with Crippen LogP contribution < -0.4 is 10.1 Å². The molecule has 25 heavy (non-hydrogen) atoms. The van der Waals surface area contributed by atoms with Crippen molar-refractivity contribution in [2.45, 2.75) is 12.8 Å². The molecule has 0 radical (unpaired) electrons. The molecule has 0 aliphatic carbocycles. The molecule has 0 aliphatic rings. The molecule has 2 aromatic carbocycles. The lowest BCUT2D eigenvalue weighted by molar-refractivity contribution is -0.121. The molecule has 1 N–H and O–H groups in total. The number of nitrogens with one attached hydrogen (secondary N) is 1. The molecular weight excluding hydrogens is 314 g/mol. The van der Waals surface area contributed by atoms with E-state index in [2.05, 4.69) is 11.9 Å². The number of ether oxygens (including phenoxy) is 1. The molecule has 0 saturated heterocycles. The third kappa shape index (κ3) is 4.80. The highest BCUT2D eigenvalue weighted by atomic mass is 16.5. The highest BCUT2D eigenvalue weighted by Gasteiger charge is 2.28. The first-order valence-electron chi connectivity index (χ1n) is 8.16. The number of hydrogen-bond donors (Lipinski definition) is 1. The van der Waals surface area contributed by atoms with Crippen molar-refractivity contribution in [2.75, 3.05) is 13.7 Å². The van der Waals surface area contributed by atoms with E-state index in [-0.39, 0.29) is 30.1 Å². The van der Waals surface area contributed by atoms with Crippen molar-refractivity contribution in [3.05, 3.63) is 78.4 Å². The quantitative estimate of drug-likeness (QED) is 0.752. The van der Waals surface area contributed by atoms with Crippen LogP contribution in [0.2, 0.25) is 0 Å². The van der Waals surface area contributed by atoms with Crippen LogP contribution in [0.25, 0.3) is 0 Å². The molecule has 2 rings (SSSR count). The Morgan fingerprint density at radius 2 is 1.68 bits per heavy atom. The normalized spacial score (nSPS) is 12.7. The molecule has 0 heterocycles. The number of benzene rings is 2. The minimum absolute atomic E-state index is 0.0223. The number of hydrogen-bond acceptors (Lipinski definition) is 3. The van der Waals surface area contributed by atoms with Crippen LogP contribution in [-0.4, -0.2) is 25.3 Å². The predicted octanol–water partition coefficient (Wildman–Crippen LogP) is 3.33. The van der Waals surface area contributed by atoms with Gasteiger partial charge in [-0.3, -0.25) is 9.59 Å². The van der Waals surface area contributed by atoms with E-state index in [9.17, 15) is 9.59 Å². The van der Waals surface area contributed by atoms with Gasteiger partial charge >= 0.3 is 0 Å². The number of carbonyl (C=O) groups excluding carboxylic acids is 2. The summed E-state index contributed by atoms with van der Waals surface area (Å²) >= 11 is 0. The molecule has 2 aromatic rings. The van der Waals surface area contributed by atoms with E-state index < -0.39 is 0 Å². The number of Topliss-reactive ketones (excluding diaryl/α,β-unsaturated/α-hetero) is 1. The Kier molecular flexibility index (Phi) is 6.52. The molecule has 0 bridgehead atoms. The second-order valence-corrected chi connectivity index (χ2v) is 5.83. The molecule has 1 amide bonds. The highest BCUT2D eigenvalue weighted by molar-refractivity contribution is 5.88. The summed E-state index contributed by atoms with van der Waals surface area (Å²) in [5.41, 5.74) is 2.03. The Balaban J connectivity index is 2.42. The van der Waals surface area contributed by atoms with E-state index in [1.54, 1.807) is 14.0 Å². The van der Waals surface area contributed by atoms with Crippen molar-refractivity contribution in [1.29, 1.82) is 0 Å². The van der Waals surface area contributed by atoms with Crippen molar-refractivity contribution in [2.24, 2.45) is 5.92 Å². The fraction of sp³-hybridized carbons (Fsp3) is 0.238. The van der Waals surface area contributed by atoms with Crippen LogP contribution in [-0.2, 0) is 9.59 Å². The topological polar surface area (TPSA) is 55.4 Å². The smallest absolute Gasteiger partial charge is 0.243 e. The standard InChI is InChI=1S/C21H23NO3/c1-4-20(24)22-14-19(15(2)23)21(16-8-6-5-7-9-16)17-10-12-18(25-3)13-11-17/h4-13,19,21H,1,14H2,2-3H3,(H,22,24). The zero-order valence-electron chi connectivity index (χ0n) is 14.6. The van der Waals surface area contributed by atoms with Crippen molar-refractivity contribution >= 4 is 11.7 Å². The van der Waals surface area contributed by atoms with E-state index in [1.807, 2.05) is 54.6 Å². The molecule has 0 fully saturated rings. The van der Waals surface area contributed by atoms with Gasteiger partial charge in [0, 0.05) is 18.4 Å². The van der Waals surface area contributed by atoms with E-state index >= 15 is 0 Å². The van der Waals surface area contributed by atoms with Gasteiger partial charge in [-0.25, -0.2) is 0 Å². The molecule has 0 saturated carbocycles. The summed E-state index contributed by atoms with van der Waals surface area (Å²) in [6, 6.07) is 17.5. The second-order valence-electron chi connectivity index (χ2n) is 5.83. The maximum Gasteiger partial charge on any atom is 0.243 e. The molecule has 4 heteroatoms. The summed E-state index contributed by atoms with van der Waals surface area (Å²) in [7, 11) is 1.62. The van der Waals surface area contributed by atoms with Gasteiger partial charge < -0.3 is 10.1 Å². The minimum atomic E-state index is -0.375. The van der Waals surface area contributed by atoms with Crippen LogP contribution in [0.4, 0.5) is 0 Å². The number of carbonyl (C=O) groups is 2. The maximum atomic E-state index is 12.4. The molecule has 2 unspecified atom stereocenters. The minimum Gasteiger partial charge on any atom is -0.497 e. The summed E-state index contributed by atoms with van der Waals surface area (Å²) in [5, 5.41) is 2.75. The van der Waals surface area contributed by atoms with E-state index in [0.29, 0.717) is 0 Å². The van der Waals surface area contributed by atoms with Gasteiger partial charge in [0.05, 0.1) is 7.11 Å².